The van der Waals surface area contributed by atoms with E-state index in [-0.39, 0.29) is 11.3 Å². The monoisotopic (exact) mass is 465 g/mol. The van der Waals surface area contributed by atoms with Crippen molar-refractivity contribution in [3.05, 3.63) is 105 Å². The summed E-state index contributed by atoms with van der Waals surface area (Å²) in [6.07, 6.45) is 0. The first-order chi connectivity index (χ1) is 14.4. The highest BCUT2D eigenvalue weighted by Gasteiger charge is 2.46. The predicted octanol–water partition coefficient (Wildman–Crippen LogP) is 5.52. The molecule has 6 heteroatoms. The highest BCUT2D eigenvalue weighted by Crippen LogP contribution is 2.42. The molecule has 1 aliphatic heterocycles. The number of carbonyl (C=O) groups excluding carboxylic acids is 2. The first-order valence-corrected chi connectivity index (χ1v) is 10.0. The summed E-state index contributed by atoms with van der Waals surface area (Å²) in [4.78, 5) is 27.3. The molecular weight excluding hydrogens is 449 g/mol. The van der Waals surface area contributed by atoms with Gasteiger partial charge < -0.3 is 5.11 Å². The number of Topliss-reactive ketones (excluding diaryl/α,β-unsaturated/α-hetero) is 1. The Balaban J connectivity index is 1.95. The lowest BCUT2D eigenvalue weighted by Gasteiger charge is -2.25. The van der Waals surface area contributed by atoms with Gasteiger partial charge in [-0.25, -0.2) is 4.39 Å². The average Bonchev–Trinajstić information content (AvgIpc) is 3.00. The number of aliphatic hydroxyl groups is 1. The first kappa shape index (κ1) is 20.0. The molecule has 0 spiro atoms. The van der Waals surface area contributed by atoms with Crippen molar-refractivity contribution >= 4 is 39.1 Å². The van der Waals surface area contributed by atoms with E-state index in [1.54, 1.807) is 30.3 Å². The number of benzene rings is 3. The summed E-state index contributed by atoms with van der Waals surface area (Å²) in [6, 6.07) is 18.7. The second kappa shape index (κ2) is 7.88. The van der Waals surface area contributed by atoms with Gasteiger partial charge in [0, 0.05) is 15.7 Å². The van der Waals surface area contributed by atoms with E-state index < -0.39 is 23.5 Å². The average molecular weight is 466 g/mol. The van der Waals surface area contributed by atoms with Crippen LogP contribution in [0.2, 0.25) is 0 Å². The van der Waals surface area contributed by atoms with E-state index in [4.69, 9.17) is 0 Å². The number of nitrogens with zero attached hydrogens (tertiary/aromatic N) is 1. The van der Waals surface area contributed by atoms with Crippen molar-refractivity contribution in [1.29, 1.82) is 0 Å². The van der Waals surface area contributed by atoms with Gasteiger partial charge in [0.2, 0.25) is 0 Å². The number of rotatable bonds is 3. The molecule has 0 aromatic heterocycles. The number of anilines is 1. The summed E-state index contributed by atoms with van der Waals surface area (Å²) in [5, 5.41) is 11.0. The summed E-state index contributed by atoms with van der Waals surface area (Å²) < 4.78 is 14.3. The maximum Gasteiger partial charge on any atom is 0.300 e. The van der Waals surface area contributed by atoms with Crippen molar-refractivity contribution in [2.75, 3.05) is 4.90 Å². The Kier molecular flexibility index (Phi) is 5.26. The number of carbonyl (C=O) groups is 2. The van der Waals surface area contributed by atoms with Gasteiger partial charge in [-0.15, -0.1) is 0 Å². The molecule has 1 heterocycles. The Morgan fingerprint density at radius 3 is 2.30 bits per heavy atom. The Hall–Kier alpha value is -3.25. The Labute approximate surface area is 181 Å². The molecule has 0 bridgehead atoms. The molecule has 1 atom stereocenters. The van der Waals surface area contributed by atoms with Crippen LogP contribution >= 0.6 is 15.9 Å². The smallest absolute Gasteiger partial charge is 0.300 e. The fourth-order valence-corrected chi connectivity index (χ4v) is 3.88. The SMILES string of the molecule is Cc1cccc(C2/C(=C(/O)c3ccc(Br)cc3)C(=O)C(=O)N2c2ccc(F)cc2)c1. The van der Waals surface area contributed by atoms with Crippen LogP contribution in [0.15, 0.2) is 82.8 Å². The summed E-state index contributed by atoms with van der Waals surface area (Å²) in [5.74, 6) is -2.26. The zero-order chi connectivity index (χ0) is 21.4. The minimum atomic E-state index is -0.834. The molecule has 0 radical (unpaired) electrons. The molecule has 0 aliphatic carbocycles. The third-order valence-corrected chi connectivity index (χ3v) is 5.55. The zero-order valence-corrected chi connectivity index (χ0v) is 17.6. The number of hydrogen-bond acceptors (Lipinski definition) is 3. The zero-order valence-electron chi connectivity index (χ0n) is 16.0. The number of hydrogen-bond donors (Lipinski definition) is 1. The van der Waals surface area contributed by atoms with Crippen LogP contribution in [0.5, 0.6) is 0 Å². The highest BCUT2D eigenvalue weighted by molar-refractivity contribution is 9.10. The molecule has 1 unspecified atom stereocenters. The Morgan fingerprint density at radius 2 is 1.67 bits per heavy atom. The van der Waals surface area contributed by atoms with Gasteiger partial charge in [0.1, 0.15) is 11.6 Å². The van der Waals surface area contributed by atoms with Crippen molar-refractivity contribution in [3.8, 4) is 0 Å². The number of aliphatic hydroxyl groups excluding tert-OH is 1. The summed E-state index contributed by atoms with van der Waals surface area (Å²) in [5.41, 5.74) is 2.42. The quantitative estimate of drug-likeness (QED) is 0.314. The molecule has 1 amide bonds. The number of halogens is 2. The van der Waals surface area contributed by atoms with E-state index in [0.29, 0.717) is 16.8 Å². The second-order valence-electron chi connectivity index (χ2n) is 7.07. The molecule has 1 N–H and O–H groups in total. The van der Waals surface area contributed by atoms with E-state index in [2.05, 4.69) is 15.9 Å². The van der Waals surface area contributed by atoms with E-state index in [0.717, 1.165) is 10.0 Å². The third kappa shape index (κ3) is 3.55. The van der Waals surface area contributed by atoms with Crippen molar-refractivity contribution in [2.45, 2.75) is 13.0 Å². The minimum Gasteiger partial charge on any atom is -0.507 e. The lowest BCUT2D eigenvalue weighted by Crippen LogP contribution is -2.29. The molecule has 3 aromatic carbocycles. The summed E-state index contributed by atoms with van der Waals surface area (Å²) in [6.45, 7) is 1.91. The molecule has 4 rings (SSSR count). The predicted molar refractivity (Wildman–Crippen MR) is 117 cm³/mol. The van der Waals surface area contributed by atoms with Crippen LogP contribution in [0.1, 0.15) is 22.7 Å². The normalized spacial score (nSPS) is 18.1. The van der Waals surface area contributed by atoms with Gasteiger partial charge in [0.05, 0.1) is 11.6 Å². The van der Waals surface area contributed by atoms with Crippen LogP contribution in [0.25, 0.3) is 5.76 Å². The lowest BCUT2D eigenvalue weighted by molar-refractivity contribution is -0.132. The highest BCUT2D eigenvalue weighted by atomic mass is 79.9. The maximum atomic E-state index is 13.5. The molecule has 1 saturated heterocycles. The second-order valence-corrected chi connectivity index (χ2v) is 7.98. The largest absolute Gasteiger partial charge is 0.507 e. The fourth-order valence-electron chi connectivity index (χ4n) is 3.62. The van der Waals surface area contributed by atoms with Crippen molar-refractivity contribution in [3.63, 3.8) is 0 Å². The lowest BCUT2D eigenvalue weighted by atomic mass is 9.94. The van der Waals surface area contributed by atoms with Crippen molar-refractivity contribution < 1.29 is 19.1 Å². The summed E-state index contributed by atoms with van der Waals surface area (Å²) >= 11 is 3.34. The van der Waals surface area contributed by atoms with Crippen molar-refractivity contribution in [1.82, 2.24) is 0 Å². The van der Waals surface area contributed by atoms with Crippen LogP contribution in [-0.4, -0.2) is 16.8 Å². The van der Waals surface area contributed by atoms with Gasteiger partial charge in [0.15, 0.2) is 0 Å². The van der Waals surface area contributed by atoms with E-state index >= 15 is 0 Å². The molecule has 30 heavy (non-hydrogen) atoms. The van der Waals surface area contributed by atoms with Gasteiger partial charge in [-0.1, -0.05) is 57.9 Å². The molecule has 1 fully saturated rings. The van der Waals surface area contributed by atoms with E-state index in [1.807, 2.05) is 25.1 Å². The molecule has 3 aromatic rings. The molecular formula is C24H17BrFNO3. The molecule has 1 aliphatic rings. The standard InChI is InChI=1S/C24H17BrFNO3/c1-14-3-2-4-16(13-14)21-20(22(28)15-5-7-17(25)8-6-15)23(29)24(30)27(21)19-11-9-18(26)10-12-19/h2-13,21,28H,1H3/b22-20-. The van der Waals surface area contributed by atoms with Gasteiger partial charge in [-0.3, -0.25) is 14.5 Å². The van der Waals surface area contributed by atoms with Crippen LogP contribution in [0.3, 0.4) is 0 Å². The van der Waals surface area contributed by atoms with E-state index in [9.17, 15) is 19.1 Å². The minimum absolute atomic E-state index is 0.00255. The fraction of sp³-hybridized carbons (Fsp3) is 0.0833. The van der Waals surface area contributed by atoms with Gasteiger partial charge >= 0.3 is 0 Å². The van der Waals surface area contributed by atoms with Crippen LogP contribution in [0, 0.1) is 12.7 Å². The van der Waals surface area contributed by atoms with Gasteiger partial charge in [-0.2, -0.15) is 0 Å². The Bertz CT molecular complexity index is 1170. The van der Waals surface area contributed by atoms with Crippen LogP contribution in [0.4, 0.5) is 10.1 Å². The Morgan fingerprint density at radius 1 is 1.00 bits per heavy atom. The number of amides is 1. The first-order valence-electron chi connectivity index (χ1n) is 9.26. The van der Waals surface area contributed by atoms with E-state index in [1.165, 1.54) is 29.2 Å². The molecule has 0 saturated carbocycles. The van der Waals surface area contributed by atoms with Gasteiger partial charge in [0.25, 0.3) is 11.7 Å². The third-order valence-electron chi connectivity index (χ3n) is 5.02. The molecule has 4 nitrogen and oxygen atoms in total. The van der Waals surface area contributed by atoms with Crippen LogP contribution in [-0.2, 0) is 9.59 Å². The van der Waals surface area contributed by atoms with Crippen molar-refractivity contribution in [2.24, 2.45) is 0 Å². The molecule has 150 valence electrons. The number of ketones is 1. The topological polar surface area (TPSA) is 57.6 Å². The van der Waals surface area contributed by atoms with Crippen LogP contribution < -0.4 is 4.90 Å². The number of aryl methyl sites for hydroxylation is 1. The maximum absolute atomic E-state index is 13.5. The van der Waals surface area contributed by atoms with Gasteiger partial charge in [-0.05, 0) is 48.9 Å². The summed E-state index contributed by atoms with van der Waals surface area (Å²) in [7, 11) is 0.